The van der Waals surface area contributed by atoms with Crippen molar-refractivity contribution in [3.05, 3.63) is 41.2 Å². The highest BCUT2D eigenvalue weighted by atomic mass is 35.5. The van der Waals surface area contributed by atoms with Crippen molar-refractivity contribution in [3.63, 3.8) is 0 Å². The van der Waals surface area contributed by atoms with E-state index < -0.39 is 0 Å². The van der Waals surface area contributed by atoms with Gasteiger partial charge in [-0.2, -0.15) is 0 Å². The first-order valence-electron chi connectivity index (χ1n) is 5.91. The number of hydrogen-bond acceptors (Lipinski definition) is 4. The molecule has 0 amide bonds. The second-order valence-corrected chi connectivity index (χ2v) is 4.87. The quantitative estimate of drug-likeness (QED) is 0.644. The zero-order valence-corrected chi connectivity index (χ0v) is 11.8. The molecule has 4 nitrogen and oxygen atoms in total. The molecular formula is C13H11ClN4S. The highest BCUT2D eigenvalue weighted by Crippen LogP contribution is 2.35. The predicted molar refractivity (Wildman–Crippen MR) is 81.5 cm³/mol. The van der Waals surface area contributed by atoms with Crippen molar-refractivity contribution >= 4 is 46.1 Å². The Morgan fingerprint density at radius 3 is 2.95 bits per heavy atom. The third-order valence-electron chi connectivity index (χ3n) is 2.95. The minimum atomic E-state index is 0.448. The summed E-state index contributed by atoms with van der Waals surface area (Å²) in [6.07, 6.45) is 1.75. The van der Waals surface area contributed by atoms with Gasteiger partial charge in [0.05, 0.1) is 11.3 Å². The van der Waals surface area contributed by atoms with Crippen molar-refractivity contribution in [3.8, 4) is 0 Å². The molecule has 2 aromatic heterocycles. The molecule has 0 bridgehead atoms. The zero-order valence-electron chi connectivity index (χ0n) is 10.2. The first-order valence-corrected chi connectivity index (χ1v) is 6.69. The number of halogens is 1. The van der Waals surface area contributed by atoms with Gasteiger partial charge >= 0.3 is 0 Å². The summed E-state index contributed by atoms with van der Waals surface area (Å²) >= 11 is 11.4. The van der Waals surface area contributed by atoms with Gasteiger partial charge in [-0.25, -0.2) is 9.97 Å². The number of nitrogens with one attached hydrogen (secondary N) is 1. The number of nitrogens with zero attached hydrogens (tertiary/aromatic N) is 3. The van der Waals surface area contributed by atoms with E-state index in [-0.39, 0.29) is 0 Å². The summed E-state index contributed by atoms with van der Waals surface area (Å²) in [7, 11) is 0. The average Bonchev–Trinajstić information content (AvgIpc) is 2.53. The Bertz CT molecular complexity index is 659. The number of hydrogen-bond donors (Lipinski definition) is 1. The summed E-state index contributed by atoms with van der Waals surface area (Å²) in [5.74, 6) is 1.55. The number of fused-ring (bicyclic) bond motifs is 2. The van der Waals surface area contributed by atoms with Gasteiger partial charge in [0.25, 0.3) is 0 Å². The van der Waals surface area contributed by atoms with Crippen LogP contribution >= 0.6 is 23.8 Å². The minimum Gasteiger partial charge on any atom is -0.343 e. The summed E-state index contributed by atoms with van der Waals surface area (Å²) in [6, 6.07) is 7.45. The lowest BCUT2D eigenvalue weighted by Crippen LogP contribution is -2.19. The highest BCUT2D eigenvalue weighted by molar-refractivity contribution is 7.81. The van der Waals surface area contributed by atoms with Gasteiger partial charge in [-0.05, 0) is 31.2 Å². The Labute approximate surface area is 121 Å². The molecule has 3 heterocycles. The fraction of sp³-hybridized carbons (Fsp3) is 0.154. The van der Waals surface area contributed by atoms with Crippen LogP contribution in [0.15, 0.2) is 30.5 Å². The molecule has 3 rings (SSSR count). The van der Waals surface area contributed by atoms with E-state index in [0.29, 0.717) is 10.1 Å². The molecule has 0 fully saturated rings. The van der Waals surface area contributed by atoms with Crippen LogP contribution in [0.4, 0.5) is 17.3 Å². The van der Waals surface area contributed by atoms with Crippen LogP contribution < -0.4 is 10.2 Å². The Morgan fingerprint density at radius 1 is 1.32 bits per heavy atom. The van der Waals surface area contributed by atoms with E-state index in [1.165, 1.54) is 0 Å². The Kier molecular flexibility index (Phi) is 3.08. The van der Waals surface area contributed by atoms with Crippen LogP contribution in [0.3, 0.4) is 0 Å². The molecule has 1 aliphatic heterocycles. The van der Waals surface area contributed by atoms with Crippen LogP contribution in [-0.2, 0) is 0 Å². The standard InChI is InChI=1S/C13H11ClN4S/c1-2-18-11-8(4-3-7-15-11)13(19)16-9-5-6-10(14)17-12(9)18/h3-7H,2H2,1H3,(H,16,19). The van der Waals surface area contributed by atoms with Crippen LogP contribution in [0.5, 0.6) is 0 Å². The SMILES string of the molecule is CCN1c2nc(Cl)ccc2NC(=S)c2cccnc21. The number of rotatable bonds is 1. The Hall–Kier alpha value is -1.72. The fourth-order valence-electron chi connectivity index (χ4n) is 2.11. The van der Waals surface area contributed by atoms with Crippen LogP contribution in [0, 0.1) is 0 Å². The van der Waals surface area contributed by atoms with Crippen LogP contribution in [0.25, 0.3) is 0 Å². The molecule has 0 radical (unpaired) electrons. The van der Waals surface area contributed by atoms with Crippen molar-refractivity contribution in [2.45, 2.75) is 6.92 Å². The van der Waals surface area contributed by atoms with E-state index in [1.54, 1.807) is 12.3 Å². The normalized spacial score (nSPS) is 13.4. The maximum Gasteiger partial charge on any atom is 0.159 e. The second kappa shape index (κ2) is 4.75. The number of thiocarbonyl (C=S) groups is 1. The lowest BCUT2D eigenvalue weighted by molar-refractivity contribution is 0.965. The third kappa shape index (κ3) is 2.05. The van der Waals surface area contributed by atoms with Gasteiger partial charge in [-0.15, -0.1) is 0 Å². The van der Waals surface area contributed by atoms with Gasteiger partial charge < -0.3 is 10.2 Å². The monoisotopic (exact) mass is 290 g/mol. The third-order valence-corrected chi connectivity index (χ3v) is 3.48. The molecule has 0 spiro atoms. The summed E-state index contributed by atoms with van der Waals surface area (Å²) in [5, 5.41) is 3.65. The molecule has 2 aromatic rings. The van der Waals surface area contributed by atoms with Crippen LogP contribution in [0.2, 0.25) is 5.15 Å². The van der Waals surface area contributed by atoms with Crippen molar-refractivity contribution in [2.24, 2.45) is 0 Å². The average molecular weight is 291 g/mol. The van der Waals surface area contributed by atoms with Gasteiger partial charge in [-0.1, -0.05) is 23.8 Å². The zero-order chi connectivity index (χ0) is 13.4. The van der Waals surface area contributed by atoms with Crippen LogP contribution in [-0.4, -0.2) is 21.5 Å². The van der Waals surface area contributed by atoms with Gasteiger partial charge in [0.1, 0.15) is 16.0 Å². The van der Waals surface area contributed by atoms with Crippen molar-refractivity contribution in [1.29, 1.82) is 0 Å². The Morgan fingerprint density at radius 2 is 2.16 bits per heavy atom. The largest absolute Gasteiger partial charge is 0.343 e. The molecule has 1 N–H and O–H groups in total. The van der Waals surface area contributed by atoms with E-state index in [4.69, 9.17) is 23.8 Å². The van der Waals surface area contributed by atoms with Crippen molar-refractivity contribution in [1.82, 2.24) is 9.97 Å². The molecule has 6 heteroatoms. The van der Waals surface area contributed by atoms with Crippen molar-refractivity contribution < 1.29 is 0 Å². The second-order valence-electron chi connectivity index (χ2n) is 4.08. The lowest BCUT2D eigenvalue weighted by atomic mass is 10.2. The molecule has 0 atom stereocenters. The van der Waals surface area contributed by atoms with Crippen molar-refractivity contribution in [2.75, 3.05) is 16.8 Å². The van der Waals surface area contributed by atoms with E-state index in [9.17, 15) is 0 Å². The molecule has 0 aliphatic carbocycles. The number of anilines is 3. The molecule has 19 heavy (non-hydrogen) atoms. The van der Waals surface area contributed by atoms with E-state index in [2.05, 4.69) is 15.3 Å². The molecule has 96 valence electrons. The summed E-state index contributed by atoms with van der Waals surface area (Å²) in [6.45, 7) is 2.77. The fourth-order valence-corrected chi connectivity index (χ4v) is 2.52. The summed E-state index contributed by atoms with van der Waals surface area (Å²) in [4.78, 5) is 11.5. The molecule has 0 aromatic carbocycles. The molecule has 0 saturated heterocycles. The van der Waals surface area contributed by atoms with Gasteiger partial charge in [0, 0.05) is 12.7 Å². The molecule has 0 saturated carbocycles. The van der Waals surface area contributed by atoms with E-state index in [1.807, 2.05) is 30.0 Å². The molecule has 1 aliphatic rings. The smallest absolute Gasteiger partial charge is 0.159 e. The topological polar surface area (TPSA) is 41.1 Å². The number of pyridine rings is 2. The maximum atomic E-state index is 6.00. The van der Waals surface area contributed by atoms with E-state index in [0.717, 1.165) is 29.4 Å². The summed E-state index contributed by atoms with van der Waals surface area (Å²) < 4.78 is 0. The molecule has 0 unspecified atom stereocenters. The Balaban J connectivity index is 2.27. The minimum absolute atomic E-state index is 0.448. The highest BCUT2D eigenvalue weighted by Gasteiger charge is 2.24. The first-order chi connectivity index (χ1) is 9.20. The van der Waals surface area contributed by atoms with Gasteiger partial charge in [-0.3, -0.25) is 0 Å². The lowest BCUT2D eigenvalue weighted by Gasteiger charge is -2.21. The first kappa shape index (κ1) is 12.3. The summed E-state index contributed by atoms with van der Waals surface area (Å²) in [5.41, 5.74) is 1.74. The van der Waals surface area contributed by atoms with Crippen LogP contribution in [0.1, 0.15) is 12.5 Å². The van der Waals surface area contributed by atoms with Gasteiger partial charge in [0.15, 0.2) is 5.82 Å². The predicted octanol–water partition coefficient (Wildman–Crippen LogP) is 3.39. The maximum absolute atomic E-state index is 6.00. The number of aromatic nitrogens is 2. The van der Waals surface area contributed by atoms with Gasteiger partial charge in [0.2, 0.25) is 0 Å². The van der Waals surface area contributed by atoms with E-state index >= 15 is 0 Å². The molecular weight excluding hydrogens is 280 g/mol.